The number of amides is 1. The van der Waals surface area contributed by atoms with Crippen LogP contribution in [0.1, 0.15) is 31.7 Å². The second-order valence-electron chi connectivity index (χ2n) is 5.76. The van der Waals surface area contributed by atoms with Gasteiger partial charge < -0.3 is 5.32 Å². The molecule has 0 bridgehead atoms. The predicted molar refractivity (Wildman–Crippen MR) is 82.4 cm³/mol. The minimum atomic E-state index is -0.270. The molecule has 2 heterocycles. The lowest BCUT2D eigenvalue weighted by molar-refractivity contribution is -0.129. The molecule has 5 nitrogen and oxygen atoms in total. The molecule has 0 spiro atoms. The predicted octanol–water partition coefficient (Wildman–Crippen LogP) is 1.93. The molecule has 1 aliphatic rings. The van der Waals surface area contributed by atoms with Gasteiger partial charge in [-0.05, 0) is 49.7 Å². The summed E-state index contributed by atoms with van der Waals surface area (Å²) >= 11 is 3.63. The van der Waals surface area contributed by atoms with Gasteiger partial charge in [-0.25, -0.2) is 0 Å². The van der Waals surface area contributed by atoms with Crippen molar-refractivity contribution in [3.05, 3.63) is 15.9 Å². The summed E-state index contributed by atoms with van der Waals surface area (Å²) in [4.78, 5) is 14.3. The van der Waals surface area contributed by atoms with Gasteiger partial charge in [0, 0.05) is 26.7 Å². The third-order valence-corrected chi connectivity index (χ3v) is 5.19. The van der Waals surface area contributed by atoms with Crippen LogP contribution in [0.2, 0.25) is 0 Å². The first kappa shape index (κ1) is 15.5. The highest BCUT2D eigenvalue weighted by atomic mass is 79.9. The zero-order valence-corrected chi connectivity index (χ0v) is 14.2. The van der Waals surface area contributed by atoms with Gasteiger partial charge in [0.25, 0.3) is 0 Å². The molecule has 1 aromatic heterocycles. The summed E-state index contributed by atoms with van der Waals surface area (Å²) in [6, 6.07) is 0. The van der Waals surface area contributed by atoms with Crippen molar-refractivity contribution in [3.8, 4) is 0 Å². The summed E-state index contributed by atoms with van der Waals surface area (Å²) < 4.78 is 3.13. The van der Waals surface area contributed by atoms with Crippen LogP contribution < -0.4 is 5.32 Å². The van der Waals surface area contributed by atoms with E-state index in [1.165, 1.54) is 5.69 Å². The minimum Gasteiger partial charge on any atom is -0.359 e. The van der Waals surface area contributed by atoms with Crippen LogP contribution in [0.5, 0.6) is 0 Å². The molecule has 1 fully saturated rings. The van der Waals surface area contributed by atoms with Gasteiger partial charge in [0.05, 0.1) is 21.3 Å². The Morgan fingerprint density at radius 1 is 1.55 bits per heavy atom. The Morgan fingerprint density at radius 3 is 2.85 bits per heavy atom. The molecular weight excluding hydrogens is 320 g/mol. The number of hydrogen-bond donors (Lipinski definition) is 1. The van der Waals surface area contributed by atoms with E-state index in [1.54, 1.807) is 7.05 Å². The molecule has 1 aromatic rings. The summed E-state index contributed by atoms with van der Waals surface area (Å²) in [5.41, 5.74) is 1.95. The van der Waals surface area contributed by atoms with E-state index < -0.39 is 0 Å². The second-order valence-corrected chi connectivity index (χ2v) is 6.56. The number of aromatic nitrogens is 2. The van der Waals surface area contributed by atoms with Gasteiger partial charge in [-0.3, -0.25) is 14.4 Å². The fraction of sp³-hybridized carbons (Fsp3) is 0.714. The van der Waals surface area contributed by atoms with Crippen molar-refractivity contribution in [2.75, 3.05) is 20.1 Å². The van der Waals surface area contributed by atoms with E-state index in [1.807, 2.05) is 18.5 Å². The van der Waals surface area contributed by atoms with Crippen molar-refractivity contribution in [1.82, 2.24) is 20.0 Å². The molecule has 0 aliphatic carbocycles. The molecule has 1 unspecified atom stereocenters. The maximum atomic E-state index is 12.0. The monoisotopic (exact) mass is 342 g/mol. The van der Waals surface area contributed by atoms with Crippen molar-refractivity contribution >= 4 is 21.8 Å². The summed E-state index contributed by atoms with van der Waals surface area (Å²) in [5.74, 6) is 0.138. The Balaban J connectivity index is 2.11. The highest BCUT2D eigenvalue weighted by Gasteiger charge is 2.40. The molecule has 2 rings (SSSR count). The smallest absolute Gasteiger partial charge is 0.227 e. The Kier molecular flexibility index (Phi) is 4.54. The minimum absolute atomic E-state index is 0.138. The topological polar surface area (TPSA) is 50.2 Å². The molecule has 0 radical (unpaired) electrons. The number of carbonyl (C=O) groups is 1. The first-order chi connectivity index (χ1) is 9.41. The Labute approximate surface area is 128 Å². The lowest BCUT2D eigenvalue weighted by Gasteiger charge is -2.23. The normalized spacial score (nSPS) is 23.2. The lowest BCUT2D eigenvalue weighted by Crippen LogP contribution is -2.39. The zero-order chi connectivity index (χ0) is 14.9. The molecule has 1 atom stereocenters. The number of rotatable bonds is 4. The third-order valence-electron chi connectivity index (χ3n) is 4.15. The molecular formula is C14H23BrN4O. The number of nitrogens with zero attached hydrogens (tertiary/aromatic N) is 3. The van der Waals surface area contributed by atoms with Crippen LogP contribution in [0.3, 0.4) is 0 Å². The first-order valence-corrected chi connectivity index (χ1v) is 7.87. The number of carbonyl (C=O) groups excluding carboxylic acids is 1. The van der Waals surface area contributed by atoms with Gasteiger partial charge in [0.15, 0.2) is 0 Å². The molecule has 1 N–H and O–H groups in total. The van der Waals surface area contributed by atoms with Crippen LogP contribution in [0.25, 0.3) is 0 Å². The van der Waals surface area contributed by atoms with E-state index in [-0.39, 0.29) is 11.3 Å². The fourth-order valence-electron chi connectivity index (χ4n) is 2.91. The molecule has 1 saturated heterocycles. The van der Waals surface area contributed by atoms with Gasteiger partial charge in [0.1, 0.15) is 0 Å². The number of likely N-dealkylation sites (tertiary alicyclic amines) is 1. The third kappa shape index (κ3) is 2.76. The standard InChI is InChI=1S/C14H23BrN4O/c1-5-19-11(12(15)10(2)17-19)8-18-7-6-14(3,9-18)13(20)16-4/h5-9H2,1-4H3,(H,16,20). The van der Waals surface area contributed by atoms with Crippen molar-refractivity contribution in [1.29, 1.82) is 0 Å². The van der Waals surface area contributed by atoms with E-state index in [0.717, 1.165) is 42.8 Å². The van der Waals surface area contributed by atoms with Crippen LogP contribution in [-0.4, -0.2) is 40.7 Å². The Bertz CT molecular complexity index is 514. The average molecular weight is 343 g/mol. The lowest BCUT2D eigenvalue weighted by atomic mass is 9.89. The van der Waals surface area contributed by atoms with E-state index in [2.05, 4.69) is 38.2 Å². The van der Waals surface area contributed by atoms with Crippen LogP contribution in [0, 0.1) is 12.3 Å². The molecule has 1 amide bonds. The fourth-order valence-corrected chi connectivity index (χ4v) is 3.32. The summed E-state index contributed by atoms with van der Waals surface area (Å²) in [6.07, 6.45) is 0.906. The first-order valence-electron chi connectivity index (χ1n) is 7.07. The van der Waals surface area contributed by atoms with Crippen molar-refractivity contribution in [2.24, 2.45) is 5.41 Å². The quantitative estimate of drug-likeness (QED) is 0.909. The Hall–Kier alpha value is -0.880. The number of hydrogen-bond acceptors (Lipinski definition) is 3. The SMILES string of the molecule is CCn1nc(C)c(Br)c1CN1CCC(C)(C(=O)NC)C1. The van der Waals surface area contributed by atoms with Gasteiger partial charge in [-0.15, -0.1) is 0 Å². The highest BCUT2D eigenvalue weighted by molar-refractivity contribution is 9.10. The van der Waals surface area contributed by atoms with Crippen molar-refractivity contribution in [3.63, 3.8) is 0 Å². The molecule has 20 heavy (non-hydrogen) atoms. The molecule has 6 heteroatoms. The van der Waals surface area contributed by atoms with Crippen molar-refractivity contribution in [2.45, 2.75) is 40.3 Å². The molecule has 112 valence electrons. The summed E-state index contributed by atoms with van der Waals surface area (Å²) in [5, 5.41) is 7.30. The van der Waals surface area contributed by atoms with Gasteiger partial charge in [-0.2, -0.15) is 5.10 Å². The summed E-state index contributed by atoms with van der Waals surface area (Å²) in [6.45, 7) is 9.60. The van der Waals surface area contributed by atoms with Crippen molar-refractivity contribution < 1.29 is 4.79 Å². The maximum absolute atomic E-state index is 12.0. The molecule has 0 aromatic carbocycles. The van der Waals surface area contributed by atoms with Gasteiger partial charge in [0.2, 0.25) is 5.91 Å². The zero-order valence-electron chi connectivity index (χ0n) is 12.7. The Morgan fingerprint density at radius 2 is 2.25 bits per heavy atom. The molecule has 0 saturated carbocycles. The average Bonchev–Trinajstić information content (AvgIpc) is 2.94. The van der Waals surface area contributed by atoms with E-state index in [4.69, 9.17) is 0 Å². The summed E-state index contributed by atoms with van der Waals surface area (Å²) in [7, 11) is 1.71. The van der Waals surface area contributed by atoms with E-state index >= 15 is 0 Å². The maximum Gasteiger partial charge on any atom is 0.227 e. The van der Waals surface area contributed by atoms with Gasteiger partial charge in [-0.1, -0.05) is 0 Å². The van der Waals surface area contributed by atoms with E-state index in [0.29, 0.717) is 0 Å². The van der Waals surface area contributed by atoms with Crippen LogP contribution in [-0.2, 0) is 17.9 Å². The van der Waals surface area contributed by atoms with Crippen LogP contribution >= 0.6 is 15.9 Å². The largest absolute Gasteiger partial charge is 0.359 e. The van der Waals surface area contributed by atoms with Crippen LogP contribution in [0.4, 0.5) is 0 Å². The van der Waals surface area contributed by atoms with Gasteiger partial charge >= 0.3 is 0 Å². The number of nitrogens with one attached hydrogen (secondary N) is 1. The highest BCUT2D eigenvalue weighted by Crippen LogP contribution is 2.32. The molecule has 1 aliphatic heterocycles. The van der Waals surface area contributed by atoms with E-state index in [9.17, 15) is 4.79 Å². The van der Waals surface area contributed by atoms with Crippen LogP contribution in [0.15, 0.2) is 4.47 Å². The number of halogens is 1. The second kappa shape index (κ2) is 5.85. The number of aryl methyl sites for hydroxylation is 2.